The van der Waals surface area contributed by atoms with Gasteiger partial charge in [0, 0.05) is 22.8 Å². The van der Waals surface area contributed by atoms with Crippen molar-refractivity contribution in [3.05, 3.63) is 12.2 Å². The number of hydrogen-bond acceptors (Lipinski definition) is 5. The molecule has 0 unspecified atom stereocenters. The van der Waals surface area contributed by atoms with E-state index in [1.54, 1.807) is 11.8 Å². The largest absolute Gasteiger partial charge is 0.339 e. The number of nitrogens with one attached hydrogen (secondary N) is 2. The SMILES string of the molecule is CC(C)/C=C\[C@@H]1C[C@]1(NC(=O)[C@@H]1C[C@@H](I)CN1C(=O)CC(C)C)C(=O)NS(=O)(=O)C1(C)CC1. The number of nitrogens with zero attached hydrogens (tertiary/aromatic N) is 1. The maximum atomic E-state index is 13.3. The minimum absolute atomic E-state index is 0.0703. The van der Waals surface area contributed by atoms with Crippen LogP contribution in [0.1, 0.15) is 66.7 Å². The first-order valence-electron chi connectivity index (χ1n) is 11.7. The summed E-state index contributed by atoms with van der Waals surface area (Å²) in [5.74, 6) is -1.00. The third-order valence-electron chi connectivity index (χ3n) is 6.78. The van der Waals surface area contributed by atoms with Crippen molar-refractivity contribution >= 4 is 50.3 Å². The van der Waals surface area contributed by atoms with Gasteiger partial charge in [-0.05, 0) is 44.4 Å². The molecule has 1 saturated heterocycles. The molecule has 33 heavy (non-hydrogen) atoms. The normalized spacial score (nSPS) is 30.7. The summed E-state index contributed by atoms with van der Waals surface area (Å²) < 4.78 is 26.8. The monoisotopic (exact) mass is 593 g/mol. The highest BCUT2D eigenvalue weighted by Crippen LogP contribution is 2.47. The van der Waals surface area contributed by atoms with E-state index >= 15 is 0 Å². The molecule has 8 nitrogen and oxygen atoms in total. The van der Waals surface area contributed by atoms with E-state index in [0.29, 0.717) is 38.6 Å². The molecule has 3 rings (SSSR count). The van der Waals surface area contributed by atoms with E-state index in [-0.39, 0.29) is 27.6 Å². The predicted octanol–water partition coefficient (Wildman–Crippen LogP) is 2.52. The lowest BCUT2D eigenvalue weighted by Crippen LogP contribution is -2.57. The molecule has 3 aliphatic rings. The van der Waals surface area contributed by atoms with Crippen molar-refractivity contribution in [2.75, 3.05) is 6.54 Å². The minimum Gasteiger partial charge on any atom is -0.339 e. The molecular formula is C23H36IN3O5S. The third kappa shape index (κ3) is 5.74. The standard InChI is InChI=1S/C23H36IN3O5S/c1-14(2)6-7-16-12-23(16,21(30)26-33(31,32)22(5)8-9-22)25-20(29)18-11-17(24)13-27(18)19(28)10-15(3)4/h6-7,14-18H,8-13H2,1-5H3,(H,25,29)(H,26,30)/b7-6-/t16-,17-,18+,23-/m1/s1. The first-order chi connectivity index (χ1) is 15.2. The molecule has 2 aliphatic carbocycles. The highest BCUT2D eigenvalue weighted by Gasteiger charge is 2.63. The molecule has 0 bridgehead atoms. The van der Waals surface area contributed by atoms with Crippen LogP contribution in [0.25, 0.3) is 0 Å². The minimum atomic E-state index is -3.83. The van der Waals surface area contributed by atoms with Gasteiger partial charge < -0.3 is 10.2 Å². The van der Waals surface area contributed by atoms with Crippen LogP contribution < -0.4 is 10.0 Å². The van der Waals surface area contributed by atoms with Gasteiger partial charge in [0.15, 0.2) is 0 Å². The number of rotatable bonds is 9. The van der Waals surface area contributed by atoms with Crippen molar-refractivity contribution < 1.29 is 22.8 Å². The fourth-order valence-electron chi connectivity index (χ4n) is 4.20. The molecule has 0 radical (unpaired) electrons. The van der Waals surface area contributed by atoms with Gasteiger partial charge in [-0.1, -0.05) is 62.4 Å². The summed E-state index contributed by atoms with van der Waals surface area (Å²) in [7, 11) is -3.83. The van der Waals surface area contributed by atoms with Gasteiger partial charge in [-0.3, -0.25) is 19.1 Å². The summed E-state index contributed by atoms with van der Waals surface area (Å²) in [5, 5.41) is 2.87. The Morgan fingerprint density at radius 2 is 1.82 bits per heavy atom. The number of allylic oxidation sites excluding steroid dienone is 1. The van der Waals surface area contributed by atoms with Gasteiger partial charge in [-0.2, -0.15) is 0 Å². The first kappa shape index (κ1) is 26.4. The summed E-state index contributed by atoms with van der Waals surface area (Å²) in [6.45, 7) is 10.0. The fraction of sp³-hybridized carbons (Fsp3) is 0.783. The maximum Gasteiger partial charge on any atom is 0.259 e. The van der Waals surface area contributed by atoms with Crippen molar-refractivity contribution in [1.82, 2.24) is 14.9 Å². The van der Waals surface area contributed by atoms with Crippen molar-refractivity contribution in [3.63, 3.8) is 0 Å². The lowest BCUT2D eigenvalue weighted by molar-refractivity contribution is -0.140. The predicted molar refractivity (Wildman–Crippen MR) is 135 cm³/mol. The van der Waals surface area contributed by atoms with E-state index in [0.717, 1.165) is 0 Å². The zero-order valence-electron chi connectivity index (χ0n) is 20.1. The van der Waals surface area contributed by atoms with Crippen molar-refractivity contribution in [2.45, 2.75) is 87.0 Å². The second kappa shape index (κ2) is 9.47. The topological polar surface area (TPSA) is 113 Å². The van der Waals surface area contributed by atoms with Gasteiger partial charge >= 0.3 is 0 Å². The molecule has 10 heteroatoms. The molecule has 0 aromatic rings. The zero-order valence-corrected chi connectivity index (χ0v) is 23.0. The van der Waals surface area contributed by atoms with Crippen LogP contribution in [0, 0.1) is 17.8 Å². The average Bonchev–Trinajstić information content (AvgIpc) is 3.56. The Hall–Kier alpha value is -1.17. The number of likely N-dealkylation sites (tertiary alicyclic amines) is 1. The number of carbonyl (C=O) groups excluding carboxylic acids is 3. The number of halogens is 1. The van der Waals surface area contributed by atoms with Crippen molar-refractivity contribution in [3.8, 4) is 0 Å². The van der Waals surface area contributed by atoms with Crippen LogP contribution in [0.2, 0.25) is 0 Å². The third-order valence-corrected chi connectivity index (χ3v) is 9.84. The van der Waals surface area contributed by atoms with Crippen LogP contribution in [0.3, 0.4) is 0 Å². The lowest BCUT2D eigenvalue weighted by atomic mass is 10.1. The summed E-state index contributed by atoms with van der Waals surface area (Å²) in [6.07, 6.45) is 6.06. The lowest BCUT2D eigenvalue weighted by Gasteiger charge is -2.27. The Labute approximate surface area is 210 Å². The summed E-state index contributed by atoms with van der Waals surface area (Å²) in [6, 6.07) is -0.657. The Morgan fingerprint density at radius 3 is 2.36 bits per heavy atom. The van der Waals surface area contributed by atoms with Crippen molar-refractivity contribution in [1.29, 1.82) is 0 Å². The Bertz CT molecular complexity index is 944. The molecule has 0 aromatic carbocycles. The van der Waals surface area contributed by atoms with Crippen LogP contribution in [0.4, 0.5) is 0 Å². The number of hydrogen-bond donors (Lipinski definition) is 2. The molecule has 2 N–H and O–H groups in total. The summed E-state index contributed by atoms with van der Waals surface area (Å²) in [4.78, 5) is 40.9. The highest BCUT2D eigenvalue weighted by molar-refractivity contribution is 14.1. The van der Waals surface area contributed by atoms with E-state index in [1.807, 2.05) is 39.8 Å². The molecule has 3 amide bonds. The molecule has 4 atom stereocenters. The van der Waals surface area contributed by atoms with Gasteiger partial charge in [0.2, 0.25) is 21.8 Å². The number of sulfonamides is 1. The molecule has 1 aliphatic heterocycles. The number of carbonyl (C=O) groups is 3. The van der Waals surface area contributed by atoms with Gasteiger partial charge in [-0.25, -0.2) is 8.42 Å². The van der Waals surface area contributed by atoms with Gasteiger partial charge in [0.25, 0.3) is 5.91 Å². The zero-order chi connectivity index (χ0) is 24.8. The van der Waals surface area contributed by atoms with E-state index in [9.17, 15) is 22.8 Å². The molecular weight excluding hydrogens is 557 g/mol. The smallest absolute Gasteiger partial charge is 0.259 e. The second-order valence-corrected chi connectivity index (χ2v) is 14.7. The Kier molecular flexibility index (Phi) is 7.58. The summed E-state index contributed by atoms with van der Waals surface area (Å²) in [5.41, 5.74) is -1.31. The molecule has 1 heterocycles. The maximum absolute atomic E-state index is 13.3. The van der Waals surface area contributed by atoms with Gasteiger partial charge in [0.1, 0.15) is 11.6 Å². The highest BCUT2D eigenvalue weighted by atomic mass is 127. The molecule has 0 spiro atoms. The van der Waals surface area contributed by atoms with E-state index in [4.69, 9.17) is 0 Å². The molecule has 3 fully saturated rings. The van der Waals surface area contributed by atoms with Crippen molar-refractivity contribution in [2.24, 2.45) is 17.8 Å². The van der Waals surface area contributed by atoms with Gasteiger partial charge in [0.05, 0.1) is 4.75 Å². The Morgan fingerprint density at radius 1 is 1.18 bits per heavy atom. The summed E-state index contributed by atoms with van der Waals surface area (Å²) >= 11 is 2.24. The molecule has 186 valence electrons. The van der Waals surface area contributed by atoms with Crippen LogP contribution in [-0.4, -0.2) is 57.8 Å². The first-order valence-corrected chi connectivity index (χ1v) is 14.4. The van der Waals surface area contributed by atoms with E-state index in [1.165, 1.54) is 0 Å². The fourth-order valence-corrected chi connectivity index (χ4v) is 6.42. The van der Waals surface area contributed by atoms with E-state index < -0.39 is 38.2 Å². The number of alkyl halides is 1. The van der Waals surface area contributed by atoms with Crippen LogP contribution in [0.5, 0.6) is 0 Å². The van der Waals surface area contributed by atoms with E-state index in [2.05, 4.69) is 32.6 Å². The Balaban J connectivity index is 1.79. The number of amides is 3. The van der Waals surface area contributed by atoms with Crippen LogP contribution >= 0.6 is 22.6 Å². The van der Waals surface area contributed by atoms with Gasteiger partial charge in [-0.15, -0.1) is 0 Å². The van der Waals surface area contributed by atoms with Crippen LogP contribution in [0.15, 0.2) is 12.2 Å². The average molecular weight is 594 g/mol. The second-order valence-electron chi connectivity index (χ2n) is 10.8. The molecule has 2 saturated carbocycles. The van der Waals surface area contributed by atoms with Crippen LogP contribution in [-0.2, 0) is 24.4 Å². The quantitative estimate of drug-likeness (QED) is 0.243. The molecule has 0 aromatic heterocycles.